The molecule has 1 aliphatic heterocycles. The van der Waals surface area contributed by atoms with Crippen LogP contribution in [0.5, 0.6) is 0 Å². The fraction of sp³-hybridized carbons (Fsp3) is 0.389. The zero-order valence-corrected chi connectivity index (χ0v) is 12.4. The molecule has 2 heterocycles. The van der Waals surface area contributed by atoms with Crippen LogP contribution in [0.25, 0.3) is 11.1 Å². The molecule has 2 aromatic rings. The van der Waals surface area contributed by atoms with Gasteiger partial charge >= 0.3 is 0 Å². The van der Waals surface area contributed by atoms with Gasteiger partial charge in [0.05, 0.1) is 0 Å². The van der Waals surface area contributed by atoms with Gasteiger partial charge in [0.1, 0.15) is 5.82 Å². The predicted octanol–water partition coefficient (Wildman–Crippen LogP) is 4.36. The quantitative estimate of drug-likeness (QED) is 0.803. The van der Waals surface area contributed by atoms with E-state index in [2.05, 4.69) is 54.1 Å². The number of benzene rings is 1. The minimum atomic E-state index is 1.13. The second kappa shape index (κ2) is 5.66. The van der Waals surface area contributed by atoms with Crippen LogP contribution in [0.2, 0.25) is 0 Å². The van der Waals surface area contributed by atoms with Crippen molar-refractivity contribution in [1.82, 2.24) is 4.98 Å². The molecule has 104 valence electrons. The second-order valence-corrected chi connectivity index (χ2v) is 5.72. The Bertz CT molecular complexity index is 598. The largest absolute Gasteiger partial charge is 0.357 e. The maximum atomic E-state index is 4.64. The monoisotopic (exact) mass is 266 g/mol. The number of nitrogens with zero attached hydrogens (tertiary/aromatic N) is 2. The van der Waals surface area contributed by atoms with Crippen molar-refractivity contribution in [2.24, 2.45) is 0 Å². The predicted molar refractivity (Wildman–Crippen MR) is 85.2 cm³/mol. The first-order valence-electron chi connectivity index (χ1n) is 7.53. The molecule has 1 aromatic carbocycles. The van der Waals surface area contributed by atoms with E-state index in [1.165, 1.54) is 41.5 Å². The molecule has 1 fully saturated rings. The Morgan fingerprint density at radius 3 is 2.40 bits per heavy atom. The fourth-order valence-electron chi connectivity index (χ4n) is 2.97. The first-order chi connectivity index (χ1) is 9.75. The SMILES string of the molecule is Cc1ccccc1-c1cc(N2CCCCC2)ncc1C. The molecular weight excluding hydrogens is 244 g/mol. The van der Waals surface area contributed by atoms with Gasteiger partial charge in [-0.05, 0) is 61.4 Å². The van der Waals surface area contributed by atoms with Crippen molar-refractivity contribution >= 4 is 5.82 Å². The Labute approximate surface area is 121 Å². The van der Waals surface area contributed by atoms with Crippen molar-refractivity contribution < 1.29 is 0 Å². The molecule has 2 heteroatoms. The maximum Gasteiger partial charge on any atom is 0.129 e. The third kappa shape index (κ3) is 2.55. The van der Waals surface area contributed by atoms with Crippen LogP contribution in [0, 0.1) is 13.8 Å². The molecule has 1 saturated heterocycles. The average Bonchev–Trinajstić information content (AvgIpc) is 2.49. The van der Waals surface area contributed by atoms with Crippen LogP contribution in [-0.4, -0.2) is 18.1 Å². The van der Waals surface area contributed by atoms with Crippen molar-refractivity contribution in [2.75, 3.05) is 18.0 Å². The molecule has 20 heavy (non-hydrogen) atoms. The van der Waals surface area contributed by atoms with Gasteiger partial charge in [0.2, 0.25) is 0 Å². The summed E-state index contributed by atoms with van der Waals surface area (Å²) in [6.07, 6.45) is 5.95. The lowest BCUT2D eigenvalue weighted by Crippen LogP contribution is -2.30. The third-order valence-electron chi connectivity index (χ3n) is 4.20. The molecule has 2 nitrogen and oxygen atoms in total. The molecule has 3 rings (SSSR count). The van der Waals surface area contributed by atoms with E-state index in [1.54, 1.807) is 0 Å². The van der Waals surface area contributed by atoms with E-state index >= 15 is 0 Å². The highest BCUT2D eigenvalue weighted by molar-refractivity contribution is 5.72. The van der Waals surface area contributed by atoms with Crippen molar-refractivity contribution in [2.45, 2.75) is 33.1 Å². The van der Waals surface area contributed by atoms with Crippen LogP contribution in [0.15, 0.2) is 36.5 Å². The highest BCUT2D eigenvalue weighted by Crippen LogP contribution is 2.29. The number of aromatic nitrogens is 1. The molecule has 0 amide bonds. The minimum Gasteiger partial charge on any atom is -0.357 e. The Hall–Kier alpha value is -1.83. The van der Waals surface area contributed by atoms with Gasteiger partial charge < -0.3 is 4.90 Å². The number of hydrogen-bond donors (Lipinski definition) is 0. The minimum absolute atomic E-state index is 1.13. The van der Waals surface area contributed by atoms with E-state index < -0.39 is 0 Å². The number of anilines is 1. The van der Waals surface area contributed by atoms with Crippen molar-refractivity contribution in [3.05, 3.63) is 47.7 Å². The summed E-state index contributed by atoms with van der Waals surface area (Å²) in [6, 6.07) is 10.9. The lowest BCUT2D eigenvalue weighted by atomic mass is 9.98. The third-order valence-corrected chi connectivity index (χ3v) is 4.20. The molecule has 0 N–H and O–H groups in total. The molecular formula is C18H22N2. The van der Waals surface area contributed by atoms with Crippen LogP contribution in [0.1, 0.15) is 30.4 Å². The van der Waals surface area contributed by atoms with Gasteiger partial charge in [0, 0.05) is 19.3 Å². The van der Waals surface area contributed by atoms with Crippen LogP contribution in [-0.2, 0) is 0 Å². The van der Waals surface area contributed by atoms with E-state index in [-0.39, 0.29) is 0 Å². The zero-order valence-electron chi connectivity index (χ0n) is 12.4. The summed E-state index contributed by atoms with van der Waals surface area (Å²) in [5.74, 6) is 1.13. The standard InChI is InChI=1S/C18H22N2/c1-14-8-4-5-9-16(14)17-12-18(19-13-15(17)2)20-10-6-3-7-11-20/h4-5,8-9,12-13H,3,6-7,10-11H2,1-2H3. The van der Waals surface area contributed by atoms with E-state index in [4.69, 9.17) is 0 Å². The summed E-state index contributed by atoms with van der Waals surface area (Å²) in [4.78, 5) is 7.07. The molecule has 0 radical (unpaired) electrons. The highest BCUT2D eigenvalue weighted by atomic mass is 15.2. The lowest BCUT2D eigenvalue weighted by Gasteiger charge is -2.28. The van der Waals surface area contributed by atoms with Crippen molar-refractivity contribution in [3.8, 4) is 11.1 Å². The Morgan fingerprint density at radius 2 is 1.65 bits per heavy atom. The summed E-state index contributed by atoms with van der Waals surface area (Å²) < 4.78 is 0. The molecule has 0 unspecified atom stereocenters. The topological polar surface area (TPSA) is 16.1 Å². The van der Waals surface area contributed by atoms with Crippen LogP contribution >= 0.6 is 0 Å². The molecule has 0 bridgehead atoms. The Morgan fingerprint density at radius 1 is 0.900 bits per heavy atom. The molecule has 0 spiro atoms. The normalized spacial score (nSPS) is 15.4. The van der Waals surface area contributed by atoms with Gasteiger partial charge in [-0.15, -0.1) is 0 Å². The number of rotatable bonds is 2. The van der Waals surface area contributed by atoms with Crippen LogP contribution in [0.3, 0.4) is 0 Å². The van der Waals surface area contributed by atoms with Gasteiger partial charge in [0.25, 0.3) is 0 Å². The average molecular weight is 266 g/mol. The van der Waals surface area contributed by atoms with Gasteiger partial charge in [-0.25, -0.2) is 4.98 Å². The first kappa shape index (κ1) is 13.2. The van der Waals surface area contributed by atoms with Gasteiger partial charge in [-0.1, -0.05) is 24.3 Å². The van der Waals surface area contributed by atoms with Gasteiger partial charge in [-0.3, -0.25) is 0 Å². The number of pyridine rings is 1. The van der Waals surface area contributed by atoms with Crippen molar-refractivity contribution in [3.63, 3.8) is 0 Å². The summed E-state index contributed by atoms with van der Waals surface area (Å²) in [6.45, 7) is 6.61. The molecule has 1 aliphatic rings. The van der Waals surface area contributed by atoms with Gasteiger partial charge in [0.15, 0.2) is 0 Å². The van der Waals surface area contributed by atoms with E-state index in [9.17, 15) is 0 Å². The lowest BCUT2D eigenvalue weighted by molar-refractivity contribution is 0.573. The second-order valence-electron chi connectivity index (χ2n) is 5.72. The number of hydrogen-bond acceptors (Lipinski definition) is 2. The number of piperidine rings is 1. The molecule has 0 aliphatic carbocycles. The first-order valence-corrected chi connectivity index (χ1v) is 7.53. The smallest absolute Gasteiger partial charge is 0.129 e. The summed E-state index contributed by atoms with van der Waals surface area (Å²) >= 11 is 0. The van der Waals surface area contributed by atoms with E-state index in [0.717, 1.165) is 18.9 Å². The molecule has 1 aromatic heterocycles. The molecule has 0 saturated carbocycles. The fourth-order valence-corrected chi connectivity index (χ4v) is 2.97. The zero-order chi connectivity index (χ0) is 13.9. The highest BCUT2D eigenvalue weighted by Gasteiger charge is 2.14. The van der Waals surface area contributed by atoms with E-state index in [0.29, 0.717) is 0 Å². The Balaban J connectivity index is 2.00. The van der Waals surface area contributed by atoms with Crippen LogP contribution < -0.4 is 4.90 Å². The summed E-state index contributed by atoms with van der Waals surface area (Å²) in [5, 5.41) is 0. The number of aryl methyl sites for hydroxylation is 2. The maximum absolute atomic E-state index is 4.64. The summed E-state index contributed by atoms with van der Waals surface area (Å²) in [5.41, 5.74) is 5.22. The Kier molecular flexibility index (Phi) is 3.72. The van der Waals surface area contributed by atoms with E-state index in [1.807, 2.05) is 6.20 Å². The summed E-state index contributed by atoms with van der Waals surface area (Å²) in [7, 11) is 0. The van der Waals surface area contributed by atoms with Gasteiger partial charge in [-0.2, -0.15) is 0 Å². The van der Waals surface area contributed by atoms with Crippen LogP contribution in [0.4, 0.5) is 5.82 Å². The molecule has 0 atom stereocenters. The van der Waals surface area contributed by atoms with Crippen molar-refractivity contribution in [1.29, 1.82) is 0 Å².